The summed E-state index contributed by atoms with van der Waals surface area (Å²) >= 11 is 0. The van der Waals surface area contributed by atoms with E-state index in [9.17, 15) is 4.79 Å². The lowest BCUT2D eigenvalue weighted by atomic mass is 9.91. The summed E-state index contributed by atoms with van der Waals surface area (Å²) < 4.78 is 7.05. The van der Waals surface area contributed by atoms with Gasteiger partial charge >= 0.3 is 0 Å². The van der Waals surface area contributed by atoms with Gasteiger partial charge in [0.05, 0.1) is 5.69 Å². The van der Waals surface area contributed by atoms with Gasteiger partial charge in [0.2, 0.25) is 0 Å². The first-order chi connectivity index (χ1) is 13.6. The molecular formula is C21H23N5O2. The summed E-state index contributed by atoms with van der Waals surface area (Å²) in [5.74, 6) is 0.406. The number of carbonyl (C=O) groups excluding carboxylic acids is 1. The Hall–Kier alpha value is -3.03. The minimum Gasteiger partial charge on any atom is -0.381 e. The van der Waals surface area contributed by atoms with Gasteiger partial charge in [-0.3, -0.25) is 4.79 Å². The third-order valence-electron chi connectivity index (χ3n) is 4.97. The standard InChI is InChI=1S/C21H23N5O2/c22-21(9-12-28-13-10-21)15-24-20(27)17-14-18(16-6-2-1-3-7-16)26(25-17)19-8-4-5-11-23-19/h1-8,11,14H,9-10,12-13,15,22H2,(H,24,27). The van der Waals surface area contributed by atoms with E-state index >= 15 is 0 Å². The predicted molar refractivity (Wildman–Crippen MR) is 106 cm³/mol. The SMILES string of the molecule is NC1(CNC(=O)c2cc(-c3ccccc3)n(-c3ccccn3)n2)CCOCC1. The lowest BCUT2D eigenvalue weighted by molar-refractivity contribution is 0.0518. The maximum Gasteiger partial charge on any atom is 0.271 e. The van der Waals surface area contributed by atoms with E-state index in [-0.39, 0.29) is 5.91 Å². The van der Waals surface area contributed by atoms with Crippen LogP contribution in [0.1, 0.15) is 23.3 Å². The molecule has 0 atom stereocenters. The van der Waals surface area contributed by atoms with Gasteiger partial charge in [0.15, 0.2) is 11.5 Å². The third-order valence-corrected chi connectivity index (χ3v) is 4.97. The molecule has 3 heterocycles. The minimum atomic E-state index is -0.431. The van der Waals surface area contributed by atoms with Crippen molar-refractivity contribution < 1.29 is 9.53 Å². The molecule has 28 heavy (non-hydrogen) atoms. The van der Waals surface area contributed by atoms with Crippen LogP contribution >= 0.6 is 0 Å². The fraction of sp³-hybridized carbons (Fsp3) is 0.286. The molecule has 144 valence electrons. The molecule has 0 unspecified atom stereocenters. The molecule has 0 bridgehead atoms. The number of nitrogens with zero attached hydrogens (tertiary/aromatic N) is 3. The first kappa shape index (κ1) is 18.3. The summed E-state index contributed by atoms with van der Waals surface area (Å²) in [6.45, 7) is 1.64. The first-order valence-corrected chi connectivity index (χ1v) is 9.36. The van der Waals surface area contributed by atoms with Gasteiger partial charge in [-0.15, -0.1) is 0 Å². The zero-order valence-electron chi connectivity index (χ0n) is 15.5. The van der Waals surface area contributed by atoms with Crippen LogP contribution in [-0.4, -0.2) is 46.0 Å². The van der Waals surface area contributed by atoms with Crippen molar-refractivity contribution in [2.75, 3.05) is 19.8 Å². The summed E-state index contributed by atoms with van der Waals surface area (Å²) in [5, 5.41) is 7.46. The number of hydrogen-bond donors (Lipinski definition) is 2. The lowest BCUT2D eigenvalue weighted by Gasteiger charge is -2.33. The molecule has 1 saturated heterocycles. The lowest BCUT2D eigenvalue weighted by Crippen LogP contribution is -2.53. The van der Waals surface area contributed by atoms with E-state index < -0.39 is 5.54 Å². The van der Waals surface area contributed by atoms with Crippen molar-refractivity contribution in [2.24, 2.45) is 5.73 Å². The maximum atomic E-state index is 12.8. The van der Waals surface area contributed by atoms with Crippen molar-refractivity contribution in [1.29, 1.82) is 0 Å². The van der Waals surface area contributed by atoms with E-state index in [0.29, 0.717) is 31.3 Å². The molecule has 2 aromatic heterocycles. The number of aromatic nitrogens is 3. The molecule has 0 radical (unpaired) electrons. The number of benzene rings is 1. The van der Waals surface area contributed by atoms with Crippen molar-refractivity contribution in [3.05, 3.63) is 66.5 Å². The second-order valence-electron chi connectivity index (χ2n) is 7.04. The smallest absolute Gasteiger partial charge is 0.271 e. The van der Waals surface area contributed by atoms with Gasteiger partial charge in [0.1, 0.15) is 0 Å². The van der Waals surface area contributed by atoms with Crippen molar-refractivity contribution >= 4 is 5.91 Å². The van der Waals surface area contributed by atoms with Gasteiger partial charge in [0, 0.05) is 37.1 Å². The van der Waals surface area contributed by atoms with Crippen LogP contribution < -0.4 is 11.1 Å². The average Bonchev–Trinajstić information content (AvgIpc) is 3.20. The van der Waals surface area contributed by atoms with E-state index in [4.69, 9.17) is 10.5 Å². The Morgan fingerprint density at radius 3 is 2.61 bits per heavy atom. The zero-order chi connectivity index (χ0) is 19.4. The Morgan fingerprint density at radius 1 is 1.14 bits per heavy atom. The highest BCUT2D eigenvalue weighted by molar-refractivity contribution is 5.93. The first-order valence-electron chi connectivity index (χ1n) is 9.36. The molecule has 0 aliphatic carbocycles. The minimum absolute atomic E-state index is 0.247. The molecule has 1 aliphatic rings. The summed E-state index contributed by atoms with van der Waals surface area (Å²) in [6.07, 6.45) is 3.16. The molecule has 0 saturated carbocycles. The van der Waals surface area contributed by atoms with E-state index in [2.05, 4.69) is 15.4 Å². The van der Waals surface area contributed by atoms with Crippen LogP contribution in [0.25, 0.3) is 17.1 Å². The van der Waals surface area contributed by atoms with Crippen LogP contribution in [-0.2, 0) is 4.74 Å². The van der Waals surface area contributed by atoms with Crippen LogP contribution in [0.2, 0.25) is 0 Å². The fourth-order valence-corrected chi connectivity index (χ4v) is 3.26. The molecule has 3 N–H and O–H groups in total. The second kappa shape index (κ2) is 7.92. The highest BCUT2D eigenvalue weighted by Crippen LogP contribution is 2.23. The maximum absolute atomic E-state index is 12.8. The number of pyridine rings is 1. The Balaban J connectivity index is 1.61. The second-order valence-corrected chi connectivity index (χ2v) is 7.04. The third kappa shape index (κ3) is 3.95. The highest BCUT2D eigenvalue weighted by atomic mass is 16.5. The molecule has 7 heteroatoms. The van der Waals surface area contributed by atoms with Gasteiger partial charge in [-0.25, -0.2) is 9.67 Å². The number of amides is 1. The van der Waals surface area contributed by atoms with Crippen LogP contribution in [0.4, 0.5) is 0 Å². The number of nitrogens with one attached hydrogen (secondary N) is 1. The van der Waals surface area contributed by atoms with Crippen LogP contribution in [0.3, 0.4) is 0 Å². The summed E-state index contributed by atoms with van der Waals surface area (Å²) in [6, 6.07) is 17.2. The Kier molecular flexibility index (Phi) is 5.18. The molecule has 1 fully saturated rings. The van der Waals surface area contributed by atoms with Gasteiger partial charge in [-0.1, -0.05) is 36.4 Å². The van der Waals surface area contributed by atoms with Crippen LogP contribution in [0.5, 0.6) is 0 Å². The molecular weight excluding hydrogens is 354 g/mol. The van der Waals surface area contributed by atoms with Crippen molar-refractivity contribution in [2.45, 2.75) is 18.4 Å². The van der Waals surface area contributed by atoms with E-state index in [0.717, 1.165) is 24.1 Å². The van der Waals surface area contributed by atoms with Crippen molar-refractivity contribution in [3.8, 4) is 17.1 Å². The van der Waals surface area contributed by atoms with Crippen LogP contribution in [0.15, 0.2) is 60.8 Å². The van der Waals surface area contributed by atoms with Gasteiger partial charge < -0.3 is 15.8 Å². The molecule has 0 spiro atoms. The van der Waals surface area contributed by atoms with E-state index in [1.54, 1.807) is 16.9 Å². The highest BCUT2D eigenvalue weighted by Gasteiger charge is 2.29. The number of hydrogen-bond acceptors (Lipinski definition) is 5. The van der Waals surface area contributed by atoms with Crippen LogP contribution in [0, 0.1) is 0 Å². The van der Waals surface area contributed by atoms with Gasteiger partial charge in [0.25, 0.3) is 5.91 Å². The number of carbonyl (C=O) groups is 1. The van der Waals surface area contributed by atoms with E-state index in [1.807, 2.05) is 48.5 Å². The van der Waals surface area contributed by atoms with Crippen molar-refractivity contribution in [1.82, 2.24) is 20.1 Å². The Bertz CT molecular complexity index is 877. The quantitative estimate of drug-likeness (QED) is 0.711. The Labute approximate surface area is 163 Å². The number of ether oxygens (including phenoxy) is 1. The number of nitrogens with two attached hydrogens (primary N) is 1. The molecule has 1 aromatic carbocycles. The summed E-state index contributed by atoms with van der Waals surface area (Å²) in [4.78, 5) is 17.1. The molecule has 1 aliphatic heterocycles. The van der Waals surface area contributed by atoms with Crippen molar-refractivity contribution in [3.63, 3.8) is 0 Å². The van der Waals surface area contributed by atoms with Gasteiger partial charge in [-0.05, 0) is 31.0 Å². The topological polar surface area (TPSA) is 95.1 Å². The molecule has 4 rings (SSSR count). The zero-order valence-corrected chi connectivity index (χ0v) is 15.5. The molecule has 1 amide bonds. The number of rotatable bonds is 5. The normalized spacial score (nSPS) is 15.9. The fourth-order valence-electron chi connectivity index (χ4n) is 3.26. The summed E-state index contributed by atoms with van der Waals surface area (Å²) in [5.41, 5.74) is 8.04. The van der Waals surface area contributed by atoms with Gasteiger partial charge in [-0.2, -0.15) is 5.10 Å². The monoisotopic (exact) mass is 377 g/mol. The predicted octanol–water partition coefficient (Wildman–Crippen LogP) is 2.17. The molecule has 7 nitrogen and oxygen atoms in total. The average molecular weight is 377 g/mol. The molecule has 3 aromatic rings. The largest absolute Gasteiger partial charge is 0.381 e. The Morgan fingerprint density at radius 2 is 1.89 bits per heavy atom. The van der Waals surface area contributed by atoms with E-state index in [1.165, 1.54) is 0 Å². The summed E-state index contributed by atoms with van der Waals surface area (Å²) in [7, 11) is 0.